The van der Waals surface area contributed by atoms with E-state index in [1.165, 1.54) is 0 Å². The second kappa shape index (κ2) is 9.35. The zero-order valence-electron chi connectivity index (χ0n) is 15.6. The maximum Gasteiger partial charge on any atom is 0.339 e. The van der Waals surface area contributed by atoms with Gasteiger partial charge in [0.25, 0.3) is 0 Å². The van der Waals surface area contributed by atoms with Crippen LogP contribution in [-0.4, -0.2) is 20.7 Å². The van der Waals surface area contributed by atoms with E-state index in [1.54, 1.807) is 12.1 Å². The molecule has 1 aromatic rings. The van der Waals surface area contributed by atoms with E-state index in [1.807, 2.05) is 18.2 Å². The van der Waals surface area contributed by atoms with E-state index < -0.39 is 8.07 Å². The Labute approximate surface area is 148 Å². The SMILES string of the molecule is CC(C)[Si](C#CC#CCOC(=O)c1ccccc1)(C(C)C)C(C)C. The standard InChI is InChI=1S/C21H28O2Si/c1-17(2)24(18(3)4,19(5)6)16-12-8-11-15-23-21(22)20-13-9-7-10-14-20/h7,9-10,13-14,17-19H,15H2,1-6H3. The first-order valence-electron chi connectivity index (χ1n) is 8.54. The lowest BCUT2D eigenvalue weighted by molar-refractivity contribution is 0.0556. The molecule has 2 nitrogen and oxygen atoms in total. The quantitative estimate of drug-likeness (QED) is 0.425. The average Bonchev–Trinajstić information content (AvgIpc) is 2.53. The molecule has 0 aromatic heterocycles. The van der Waals surface area contributed by atoms with Crippen LogP contribution in [0, 0.1) is 23.3 Å². The maximum absolute atomic E-state index is 11.8. The number of hydrogen-bond acceptors (Lipinski definition) is 2. The molecule has 0 atom stereocenters. The zero-order valence-corrected chi connectivity index (χ0v) is 16.6. The van der Waals surface area contributed by atoms with Crippen molar-refractivity contribution in [2.45, 2.75) is 58.2 Å². The van der Waals surface area contributed by atoms with Crippen LogP contribution < -0.4 is 0 Å². The van der Waals surface area contributed by atoms with Crippen LogP contribution in [0.1, 0.15) is 51.9 Å². The molecule has 0 saturated carbocycles. The third kappa shape index (κ3) is 5.01. The Kier molecular flexibility index (Phi) is 7.82. The number of benzene rings is 1. The first kappa shape index (κ1) is 20.1. The van der Waals surface area contributed by atoms with Crippen LogP contribution in [0.5, 0.6) is 0 Å². The van der Waals surface area contributed by atoms with Gasteiger partial charge in [-0.25, -0.2) is 4.79 Å². The second-order valence-corrected chi connectivity index (χ2v) is 12.5. The van der Waals surface area contributed by atoms with E-state index in [4.69, 9.17) is 4.74 Å². The molecule has 3 heteroatoms. The summed E-state index contributed by atoms with van der Waals surface area (Å²) < 4.78 is 5.13. The normalized spacial score (nSPS) is 10.9. The number of ether oxygens (including phenoxy) is 1. The Bertz CT molecular complexity index is 630. The fourth-order valence-electron chi connectivity index (χ4n) is 3.41. The molecule has 1 aromatic carbocycles. The summed E-state index contributed by atoms with van der Waals surface area (Å²) in [6.07, 6.45) is 0. The van der Waals surface area contributed by atoms with Crippen LogP contribution in [0.2, 0.25) is 16.6 Å². The van der Waals surface area contributed by atoms with Crippen LogP contribution in [0.4, 0.5) is 0 Å². The molecule has 0 spiro atoms. The molecule has 0 saturated heterocycles. The van der Waals surface area contributed by atoms with Crippen molar-refractivity contribution >= 4 is 14.0 Å². The van der Waals surface area contributed by atoms with E-state index in [0.717, 1.165) is 0 Å². The lowest BCUT2D eigenvalue weighted by atomic mass is 10.2. The van der Waals surface area contributed by atoms with Crippen LogP contribution in [0.3, 0.4) is 0 Å². The Hall–Kier alpha value is -1.97. The van der Waals surface area contributed by atoms with Gasteiger partial charge in [-0.05, 0) is 46.5 Å². The van der Waals surface area contributed by atoms with Crippen molar-refractivity contribution in [2.75, 3.05) is 6.61 Å². The lowest BCUT2D eigenvalue weighted by Gasteiger charge is -2.37. The van der Waals surface area contributed by atoms with E-state index in [-0.39, 0.29) is 12.6 Å². The minimum absolute atomic E-state index is 0.0714. The minimum Gasteiger partial charge on any atom is -0.449 e. The number of hydrogen-bond donors (Lipinski definition) is 0. The summed E-state index contributed by atoms with van der Waals surface area (Å²) in [7, 11) is -1.73. The molecule has 0 aliphatic carbocycles. The van der Waals surface area contributed by atoms with Crippen molar-refractivity contribution in [2.24, 2.45) is 0 Å². The Balaban J connectivity index is 2.71. The van der Waals surface area contributed by atoms with Crippen molar-refractivity contribution in [1.82, 2.24) is 0 Å². The molecule has 0 radical (unpaired) electrons. The van der Waals surface area contributed by atoms with Crippen molar-refractivity contribution in [3.05, 3.63) is 35.9 Å². The third-order valence-electron chi connectivity index (χ3n) is 4.58. The molecule has 1 rings (SSSR count). The number of esters is 1. The van der Waals surface area contributed by atoms with Crippen molar-refractivity contribution in [1.29, 1.82) is 0 Å². The third-order valence-corrected chi connectivity index (χ3v) is 10.9. The van der Waals surface area contributed by atoms with Gasteiger partial charge in [0.2, 0.25) is 0 Å². The summed E-state index contributed by atoms with van der Waals surface area (Å²) in [4.78, 5) is 11.8. The first-order chi connectivity index (χ1) is 11.3. The van der Waals surface area contributed by atoms with Gasteiger partial charge in [-0.1, -0.05) is 59.7 Å². The molecule has 24 heavy (non-hydrogen) atoms. The average molecular weight is 341 g/mol. The number of carbonyl (C=O) groups is 1. The van der Waals surface area contributed by atoms with Gasteiger partial charge in [-0.2, -0.15) is 0 Å². The van der Waals surface area contributed by atoms with Crippen molar-refractivity contribution in [3.8, 4) is 23.3 Å². The van der Waals surface area contributed by atoms with Gasteiger partial charge in [0.1, 0.15) is 8.07 Å². The number of carbonyl (C=O) groups excluding carboxylic acids is 1. The molecule has 0 heterocycles. The van der Waals surface area contributed by atoms with Gasteiger partial charge in [-0.3, -0.25) is 0 Å². The van der Waals surface area contributed by atoms with Gasteiger partial charge in [0.05, 0.1) is 5.56 Å². The largest absolute Gasteiger partial charge is 0.449 e. The summed E-state index contributed by atoms with van der Waals surface area (Å²) >= 11 is 0. The lowest BCUT2D eigenvalue weighted by Crippen LogP contribution is -2.43. The number of rotatable bonds is 5. The zero-order chi connectivity index (χ0) is 18.2. The van der Waals surface area contributed by atoms with Crippen molar-refractivity contribution in [3.63, 3.8) is 0 Å². The van der Waals surface area contributed by atoms with E-state index >= 15 is 0 Å². The monoisotopic (exact) mass is 340 g/mol. The van der Waals surface area contributed by atoms with Gasteiger partial charge >= 0.3 is 5.97 Å². The smallest absolute Gasteiger partial charge is 0.339 e. The molecule has 0 N–H and O–H groups in total. The van der Waals surface area contributed by atoms with Gasteiger partial charge < -0.3 is 4.74 Å². The molecule has 0 fully saturated rings. The summed E-state index contributed by atoms with van der Waals surface area (Å²) in [6.45, 7) is 13.7. The van der Waals surface area contributed by atoms with Crippen molar-refractivity contribution < 1.29 is 9.53 Å². The summed E-state index contributed by atoms with van der Waals surface area (Å²) in [5.74, 6) is 8.38. The Morgan fingerprint density at radius 2 is 1.50 bits per heavy atom. The molecule has 0 aliphatic rings. The highest BCUT2D eigenvalue weighted by molar-refractivity contribution is 6.90. The topological polar surface area (TPSA) is 26.3 Å². The van der Waals surface area contributed by atoms with E-state index in [0.29, 0.717) is 22.2 Å². The molecule has 0 amide bonds. The Morgan fingerprint density at radius 1 is 0.958 bits per heavy atom. The van der Waals surface area contributed by atoms with Crippen LogP contribution in [0.25, 0.3) is 0 Å². The molecule has 0 aliphatic heterocycles. The Morgan fingerprint density at radius 3 is 2.00 bits per heavy atom. The molecule has 128 valence electrons. The molecule has 0 unspecified atom stereocenters. The predicted octanol–water partition coefficient (Wildman–Crippen LogP) is 5.07. The summed E-state index contributed by atoms with van der Waals surface area (Å²) in [5.41, 5.74) is 5.82. The van der Waals surface area contributed by atoms with E-state index in [2.05, 4.69) is 64.8 Å². The van der Waals surface area contributed by atoms with E-state index in [9.17, 15) is 4.79 Å². The van der Waals surface area contributed by atoms with Crippen LogP contribution >= 0.6 is 0 Å². The second-order valence-electron chi connectivity index (χ2n) is 6.89. The highest BCUT2D eigenvalue weighted by atomic mass is 28.3. The molecular formula is C21H28O2Si. The van der Waals surface area contributed by atoms with Gasteiger partial charge in [-0.15, -0.1) is 5.54 Å². The molecular weight excluding hydrogens is 312 g/mol. The summed E-state index contributed by atoms with van der Waals surface area (Å²) in [5, 5.41) is 0. The summed E-state index contributed by atoms with van der Waals surface area (Å²) in [6, 6.07) is 8.93. The maximum atomic E-state index is 11.8. The predicted molar refractivity (Wildman–Crippen MR) is 103 cm³/mol. The minimum atomic E-state index is -1.73. The highest BCUT2D eigenvalue weighted by Gasteiger charge is 2.41. The van der Waals surface area contributed by atoms with Gasteiger partial charge in [0, 0.05) is 0 Å². The fourth-order valence-corrected chi connectivity index (χ4v) is 8.56. The van der Waals surface area contributed by atoms with Crippen LogP contribution in [-0.2, 0) is 4.74 Å². The first-order valence-corrected chi connectivity index (χ1v) is 10.8. The highest BCUT2D eigenvalue weighted by Crippen LogP contribution is 2.40. The molecule has 0 bridgehead atoms. The van der Waals surface area contributed by atoms with Crippen LogP contribution in [0.15, 0.2) is 30.3 Å². The fraction of sp³-hybridized carbons (Fsp3) is 0.476. The van der Waals surface area contributed by atoms with Gasteiger partial charge in [0.15, 0.2) is 6.61 Å².